The molecule has 12 nitrogen and oxygen atoms in total. The highest BCUT2D eigenvalue weighted by atomic mass is 18.2. The average molecular weight is 911 g/mol. The van der Waals surface area contributed by atoms with Crippen molar-refractivity contribution in [2.24, 2.45) is 0 Å². The molecule has 0 saturated heterocycles. The van der Waals surface area contributed by atoms with Crippen LogP contribution < -0.4 is 44.4 Å². The lowest BCUT2D eigenvalue weighted by Crippen LogP contribution is -2.19. The van der Waals surface area contributed by atoms with E-state index in [1.807, 2.05) is 125 Å². The van der Waals surface area contributed by atoms with Crippen molar-refractivity contribution in [3.8, 4) is 34.9 Å². The largest absolute Gasteiger partial charge is 0.480 e. The van der Waals surface area contributed by atoms with Crippen LogP contribution in [-0.2, 0) is 0 Å². The van der Waals surface area contributed by atoms with E-state index in [1.54, 1.807) is 36.8 Å². The number of ether oxygens (including phenoxy) is 6. The summed E-state index contributed by atoms with van der Waals surface area (Å²) in [6.45, 7) is 5.33. The second-order valence-corrected chi connectivity index (χ2v) is 13.9. The number of halogens is 2. The molecule has 0 radical (unpaired) electrons. The Kier molecular flexibility index (Phi) is 25.5. The molecule has 3 aromatic heterocycles. The number of nitrogens with one attached hydrogen (secondary N) is 3. The van der Waals surface area contributed by atoms with Crippen LogP contribution in [0.1, 0.15) is 85.2 Å². The summed E-state index contributed by atoms with van der Waals surface area (Å²) in [7, 11) is 1.94. The topological polar surface area (TPSA) is 130 Å². The van der Waals surface area contributed by atoms with Gasteiger partial charge in [0, 0.05) is 50.9 Å². The van der Waals surface area contributed by atoms with Crippen molar-refractivity contribution in [2.75, 3.05) is 60.1 Å². The molecular weight excluding hydrogens is 841 g/mol. The highest BCUT2D eigenvalue weighted by molar-refractivity contribution is 5.36. The first kappa shape index (κ1) is 50.6. The molecule has 0 unspecified atom stereocenters. The smallest absolute Gasteiger partial charge is 0.257 e. The normalized spacial score (nSPS) is 12.4. The molecule has 0 amide bonds. The molecule has 0 bridgehead atoms. The molecular formula is C52H68F2N6O6. The van der Waals surface area contributed by atoms with Gasteiger partial charge in [-0.25, -0.2) is 23.7 Å². The van der Waals surface area contributed by atoms with Crippen LogP contribution in [0.3, 0.4) is 0 Å². The first-order chi connectivity index (χ1) is 32.7. The molecule has 66 heavy (non-hydrogen) atoms. The van der Waals surface area contributed by atoms with Gasteiger partial charge in [0.1, 0.15) is 31.9 Å². The van der Waals surface area contributed by atoms with Crippen LogP contribution in [0.4, 0.5) is 8.78 Å². The van der Waals surface area contributed by atoms with Gasteiger partial charge in [0.05, 0.1) is 22.6 Å². The Bertz CT molecular complexity index is 2200. The number of alkyl halides is 2. The van der Waals surface area contributed by atoms with Crippen LogP contribution in [0, 0.1) is 0 Å². The number of hydrogen-bond donors (Lipinski definition) is 3. The molecule has 3 heterocycles. The molecule has 0 spiro atoms. The maximum atomic E-state index is 13.0. The molecule has 0 fully saturated rings. The molecule has 6 rings (SSSR count). The van der Waals surface area contributed by atoms with E-state index in [1.165, 1.54) is 0 Å². The Morgan fingerprint density at radius 3 is 1.12 bits per heavy atom. The summed E-state index contributed by atoms with van der Waals surface area (Å²) in [5, 5.41) is 8.03. The van der Waals surface area contributed by atoms with Crippen LogP contribution in [0.2, 0.25) is 0 Å². The van der Waals surface area contributed by atoms with Crippen molar-refractivity contribution in [1.82, 2.24) is 30.9 Å². The summed E-state index contributed by atoms with van der Waals surface area (Å²) >= 11 is 0. The maximum Gasteiger partial charge on any atom is 0.257 e. The first-order valence-corrected chi connectivity index (χ1v) is 21.9. The fraction of sp³-hybridized carbons (Fsp3) is 0.365. The summed E-state index contributed by atoms with van der Waals surface area (Å²) in [6.07, 6.45) is 6.30. The summed E-state index contributed by atoms with van der Waals surface area (Å²) in [5.41, 5.74) is 3.10. The Labute approximate surface area is 393 Å². The van der Waals surface area contributed by atoms with Crippen LogP contribution >= 0.6 is 0 Å². The number of hydrogen-bond acceptors (Lipinski definition) is 12. The third kappa shape index (κ3) is 19.4. The second-order valence-electron chi connectivity index (χ2n) is 13.9. The third-order valence-electron chi connectivity index (χ3n) is 9.31. The third-order valence-corrected chi connectivity index (χ3v) is 9.31. The van der Waals surface area contributed by atoms with Gasteiger partial charge in [0.15, 0.2) is 17.2 Å². The summed E-state index contributed by atoms with van der Waals surface area (Å²) in [4.78, 5) is 12.6. The Hall–Kier alpha value is -6.35. The SMILES string of the molecule is C.CCOc1ncccc1O[C@H](CCNC)c1ccccc1.CCOc1ncccc1O[C@H](CCNC[18F])c1ccccc1.[2H]C([2H])([18F])NCC[C@@H](Oc1cccnc1OCC)c1ccccc1. The minimum Gasteiger partial charge on any atom is -0.480 e. The average Bonchev–Trinajstić information content (AvgIpc) is 3.35. The highest BCUT2D eigenvalue weighted by Crippen LogP contribution is 2.33. The predicted octanol–water partition coefficient (Wildman–Crippen LogP) is 10.9. The van der Waals surface area contributed by atoms with Gasteiger partial charge >= 0.3 is 0 Å². The lowest BCUT2D eigenvalue weighted by molar-refractivity contribution is 0.178. The van der Waals surface area contributed by atoms with Gasteiger partial charge < -0.3 is 33.7 Å². The number of aromatic nitrogens is 3. The molecule has 6 aromatic rings. The van der Waals surface area contributed by atoms with Gasteiger partial charge in [-0.1, -0.05) is 98.4 Å². The lowest BCUT2D eigenvalue weighted by Gasteiger charge is -2.20. The van der Waals surface area contributed by atoms with Crippen molar-refractivity contribution in [2.45, 2.75) is 65.8 Å². The second kappa shape index (κ2) is 33.2. The summed E-state index contributed by atoms with van der Waals surface area (Å²) in [5.74, 6) is 3.20. The van der Waals surface area contributed by atoms with Gasteiger partial charge in [-0.15, -0.1) is 0 Å². The first-order valence-electron chi connectivity index (χ1n) is 22.9. The quantitative estimate of drug-likeness (QED) is 0.0354. The maximum absolute atomic E-state index is 13.0. The van der Waals surface area contributed by atoms with Crippen molar-refractivity contribution < 1.29 is 39.9 Å². The number of pyridine rings is 3. The zero-order valence-corrected chi connectivity index (χ0v) is 37.7. The number of nitrogens with zero attached hydrogens (tertiary/aromatic N) is 3. The van der Waals surface area contributed by atoms with Crippen LogP contribution in [-0.4, -0.2) is 75.0 Å². The highest BCUT2D eigenvalue weighted by Gasteiger charge is 2.19. The standard InChI is InChI=1S/2C17H21FN2O2.C17H22N2O2.CH4/c2*1-2-21-17-16(9-6-11-20-17)22-15(10-12-19-13-18)14-7-4-3-5-8-14;1-3-20-17-16(10-7-12-19-17)21-15(11-13-18-2)14-8-5-4-6-9-14;/h2*3-9,11,15,19H,2,10,12-13H2,1H3;4-10,12,15,18H,3,11,13H2,1-2H3;1H4/t3*15-;/m111./s1/i13D2,18-1;18-1;;. The molecule has 0 aliphatic heterocycles. The summed E-state index contributed by atoms with van der Waals surface area (Å²) in [6, 6.07) is 40.5. The fourth-order valence-corrected chi connectivity index (χ4v) is 6.30. The van der Waals surface area contributed by atoms with Gasteiger partial charge in [-0.05, 0) is 87.5 Å². The lowest BCUT2D eigenvalue weighted by atomic mass is 10.1. The van der Waals surface area contributed by atoms with E-state index in [-0.39, 0.29) is 32.3 Å². The molecule has 0 aliphatic rings. The summed E-state index contributed by atoms with van der Waals surface area (Å²) < 4.78 is 73.8. The fourth-order valence-electron chi connectivity index (χ4n) is 6.30. The van der Waals surface area contributed by atoms with Crippen molar-refractivity contribution in [1.29, 1.82) is 0 Å². The van der Waals surface area contributed by atoms with Gasteiger partial charge in [-0.3, -0.25) is 10.6 Å². The van der Waals surface area contributed by atoms with E-state index in [0.717, 1.165) is 29.7 Å². The van der Waals surface area contributed by atoms with E-state index in [0.29, 0.717) is 74.1 Å². The molecule has 3 aromatic carbocycles. The van der Waals surface area contributed by atoms with E-state index in [9.17, 15) is 8.78 Å². The predicted molar refractivity (Wildman–Crippen MR) is 258 cm³/mol. The van der Waals surface area contributed by atoms with Crippen molar-refractivity contribution in [3.05, 3.63) is 163 Å². The molecule has 0 saturated carbocycles. The monoisotopic (exact) mass is 911 g/mol. The van der Waals surface area contributed by atoms with E-state index < -0.39 is 13.5 Å². The Balaban J connectivity index is 0.000000269. The zero-order valence-electron chi connectivity index (χ0n) is 39.7. The molecule has 0 aliphatic carbocycles. The van der Waals surface area contributed by atoms with E-state index in [2.05, 4.69) is 43.0 Å². The molecule has 3 N–H and O–H groups in total. The Morgan fingerprint density at radius 1 is 0.485 bits per heavy atom. The van der Waals surface area contributed by atoms with Gasteiger partial charge in [0.25, 0.3) is 17.6 Å². The number of benzene rings is 3. The van der Waals surface area contributed by atoms with Crippen LogP contribution in [0.5, 0.6) is 34.9 Å². The molecule has 3 atom stereocenters. The van der Waals surface area contributed by atoms with E-state index >= 15 is 0 Å². The molecule has 14 heteroatoms. The minimum atomic E-state index is -2.91. The van der Waals surface area contributed by atoms with Gasteiger partial charge in [-0.2, -0.15) is 0 Å². The number of rotatable bonds is 26. The molecule has 356 valence electrons. The Morgan fingerprint density at radius 2 is 0.818 bits per heavy atom. The zero-order chi connectivity index (χ0) is 48.0. The minimum absolute atomic E-state index is 0. The van der Waals surface area contributed by atoms with Crippen LogP contribution in [0.25, 0.3) is 0 Å². The van der Waals surface area contributed by atoms with Crippen molar-refractivity contribution in [3.63, 3.8) is 0 Å². The van der Waals surface area contributed by atoms with Crippen molar-refractivity contribution >= 4 is 0 Å². The van der Waals surface area contributed by atoms with Gasteiger partial charge in [0.2, 0.25) is 0 Å². The van der Waals surface area contributed by atoms with Crippen LogP contribution in [0.15, 0.2) is 146 Å². The van der Waals surface area contributed by atoms with E-state index in [4.69, 9.17) is 31.2 Å².